The maximum atomic E-state index is 13.5. The van der Waals surface area contributed by atoms with Gasteiger partial charge >= 0.3 is 0 Å². The van der Waals surface area contributed by atoms with Crippen molar-refractivity contribution in [3.05, 3.63) is 39.5 Å². The monoisotopic (exact) mass is 366 g/mol. The quantitative estimate of drug-likeness (QED) is 0.341. The standard InChI is InChI=1S/C11H6BrClF2N2OS/c1-19-11-16-8(13)4-9(17-11)18-7-3-5(12)2-6(14)10(7)15/h2-4H,1H3. The van der Waals surface area contributed by atoms with Gasteiger partial charge in [0, 0.05) is 10.5 Å². The van der Waals surface area contributed by atoms with Crippen LogP contribution in [0.15, 0.2) is 27.8 Å². The minimum absolute atomic E-state index is 0.0424. The summed E-state index contributed by atoms with van der Waals surface area (Å²) in [5.41, 5.74) is 0. The molecule has 0 aliphatic heterocycles. The molecule has 19 heavy (non-hydrogen) atoms. The van der Waals surface area contributed by atoms with Crippen LogP contribution in [-0.4, -0.2) is 16.2 Å². The van der Waals surface area contributed by atoms with Crippen molar-refractivity contribution in [1.82, 2.24) is 9.97 Å². The number of benzene rings is 1. The number of thioether (sulfide) groups is 1. The average Bonchev–Trinajstić information content (AvgIpc) is 2.34. The van der Waals surface area contributed by atoms with E-state index in [0.29, 0.717) is 9.63 Å². The molecule has 8 heteroatoms. The third kappa shape index (κ3) is 3.55. The molecule has 0 atom stereocenters. The molecule has 0 saturated heterocycles. The normalized spacial score (nSPS) is 10.6. The fraction of sp³-hybridized carbons (Fsp3) is 0.0909. The fourth-order valence-corrected chi connectivity index (χ4v) is 2.24. The third-order valence-electron chi connectivity index (χ3n) is 2.01. The van der Waals surface area contributed by atoms with E-state index in [9.17, 15) is 8.78 Å². The molecule has 2 aromatic rings. The predicted molar refractivity (Wildman–Crippen MR) is 73.0 cm³/mol. The van der Waals surface area contributed by atoms with Crippen LogP contribution in [0.1, 0.15) is 0 Å². The summed E-state index contributed by atoms with van der Waals surface area (Å²) in [6, 6.07) is 3.62. The zero-order chi connectivity index (χ0) is 14.0. The summed E-state index contributed by atoms with van der Waals surface area (Å²) in [5.74, 6) is -2.35. The highest BCUT2D eigenvalue weighted by molar-refractivity contribution is 9.10. The Morgan fingerprint density at radius 2 is 2.00 bits per heavy atom. The van der Waals surface area contributed by atoms with Gasteiger partial charge < -0.3 is 4.74 Å². The second-order valence-corrected chi connectivity index (χ2v) is 5.39. The van der Waals surface area contributed by atoms with E-state index in [4.69, 9.17) is 16.3 Å². The highest BCUT2D eigenvalue weighted by atomic mass is 79.9. The molecule has 0 bridgehead atoms. The second kappa shape index (κ2) is 6.02. The van der Waals surface area contributed by atoms with Gasteiger partial charge in [0.1, 0.15) is 5.15 Å². The van der Waals surface area contributed by atoms with Crippen LogP contribution in [0.4, 0.5) is 8.78 Å². The summed E-state index contributed by atoms with van der Waals surface area (Å²) in [4.78, 5) is 7.90. The number of halogens is 4. The second-order valence-electron chi connectivity index (χ2n) is 3.32. The van der Waals surface area contributed by atoms with Crippen LogP contribution in [0.3, 0.4) is 0 Å². The van der Waals surface area contributed by atoms with Gasteiger partial charge in [-0.25, -0.2) is 9.37 Å². The van der Waals surface area contributed by atoms with E-state index in [1.165, 1.54) is 23.9 Å². The van der Waals surface area contributed by atoms with Gasteiger partial charge in [-0.1, -0.05) is 39.3 Å². The molecule has 0 unspecified atom stereocenters. The first kappa shape index (κ1) is 14.5. The van der Waals surface area contributed by atoms with Crippen LogP contribution in [-0.2, 0) is 0 Å². The highest BCUT2D eigenvalue weighted by Crippen LogP contribution is 2.30. The molecule has 0 amide bonds. The summed E-state index contributed by atoms with van der Waals surface area (Å²) < 4.78 is 32.3. The van der Waals surface area contributed by atoms with Crippen molar-refractivity contribution >= 4 is 39.3 Å². The zero-order valence-electron chi connectivity index (χ0n) is 9.45. The molecule has 0 fully saturated rings. The first-order valence-corrected chi connectivity index (χ1v) is 7.30. The Labute approximate surface area is 125 Å². The fourth-order valence-electron chi connectivity index (χ4n) is 1.24. The number of aromatic nitrogens is 2. The van der Waals surface area contributed by atoms with Crippen molar-refractivity contribution in [2.24, 2.45) is 0 Å². The van der Waals surface area contributed by atoms with E-state index >= 15 is 0 Å². The van der Waals surface area contributed by atoms with Crippen LogP contribution in [0.25, 0.3) is 0 Å². The summed E-state index contributed by atoms with van der Waals surface area (Å²) in [7, 11) is 0. The van der Waals surface area contributed by atoms with Crippen LogP contribution in [0.2, 0.25) is 5.15 Å². The molecule has 1 heterocycles. The smallest absolute Gasteiger partial charge is 0.224 e. The van der Waals surface area contributed by atoms with Gasteiger partial charge in [0.25, 0.3) is 0 Å². The average molecular weight is 368 g/mol. The lowest BCUT2D eigenvalue weighted by Crippen LogP contribution is -1.96. The molecule has 1 aromatic heterocycles. The van der Waals surface area contributed by atoms with Crippen molar-refractivity contribution in [2.45, 2.75) is 5.16 Å². The minimum atomic E-state index is -1.09. The Bertz CT molecular complexity index is 630. The summed E-state index contributed by atoms with van der Waals surface area (Å²) in [6.45, 7) is 0. The largest absolute Gasteiger partial charge is 0.436 e. The molecule has 0 N–H and O–H groups in total. The van der Waals surface area contributed by atoms with Gasteiger partial charge in [-0.2, -0.15) is 9.37 Å². The number of nitrogens with zero attached hydrogens (tertiary/aromatic N) is 2. The summed E-state index contributed by atoms with van der Waals surface area (Å²) >= 11 is 10.1. The lowest BCUT2D eigenvalue weighted by Gasteiger charge is -2.08. The van der Waals surface area contributed by atoms with Gasteiger partial charge in [-0.05, 0) is 18.4 Å². The summed E-state index contributed by atoms with van der Waals surface area (Å²) in [6.07, 6.45) is 1.76. The van der Waals surface area contributed by atoms with E-state index in [2.05, 4.69) is 25.9 Å². The maximum Gasteiger partial charge on any atom is 0.224 e. The maximum absolute atomic E-state index is 13.5. The molecular weight excluding hydrogens is 362 g/mol. The number of hydrogen-bond donors (Lipinski definition) is 0. The molecule has 0 aliphatic rings. The molecule has 3 nitrogen and oxygen atoms in total. The Morgan fingerprint density at radius 3 is 2.68 bits per heavy atom. The van der Waals surface area contributed by atoms with E-state index in [1.807, 2.05) is 0 Å². The van der Waals surface area contributed by atoms with E-state index < -0.39 is 11.6 Å². The van der Waals surface area contributed by atoms with Crippen molar-refractivity contribution in [2.75, 3.05) is 6.26 Å². The lowest BCUT2D eigenvalue weighted by molar-refractivity contribution is 0.401. The van der Waals surface area contributed by atoms with Gasteiger partial charge in [-0.15, -0.1) is 0 Å². The van der Waals surface area contributed by atoms with Crippen LogP contribution in [0.5, 0.6) is 11.6 Å². The van der Waals surface area contributed by atoms with E-state index in [0.717, 1.165) is 6.07 Å². The van der Waals surface area contributed by atoms with Gasteiger partial charge in [0.05, 0.1) is 0 Å². The van der Waals surface area contributed by atoms with Crippen molar-refractivity contribution in [3.8, 4) is 11.6 Å². The molecule has 0 saturated carbocycles. The minimum Gasteiger partial charge on any atom is -0.436 e. The Kier molecular flexibility index (Phi) is 4.59. The van der Waals surface area contributed by atoms with E-state index in [-0.39, 0.29) is 16.8 Å². The van der Waals surface area contributed by atoms with E-state index in [1.54, 1.807) is 6.26 Å². The molecular formula is C11H6BrClF2N2OS. The number of hydrogen-bond acceptors (Lipinski definition) is 4. The van der Waals surface area contributed by atoms with Crippen LogP contribution in [0, 0.1) is 11.6 Å². The SMILES string of the molecule is CSc1nc(Cl)cc(Oc2cc(Br)cc(F)c2F)n1. The van der Waals surface area contributed by atoms with Crippen LogP contribution < -0.4 is 4.74 Å². The van der Waals surface area contributed by atoms with Gasteiger partial charge in [0.2, 0.25) is 11.7 Å². The Morgan fingerprint density at radius 1 is 1.26 bits per heavy atom. The molecule has 0 aliphatic carbocycles. The predicted octanol–water partition coefficient (Wildman–Crippen LogP) is 4.68. The Hall–Kier alpha value is -0.920. The van der Waals surface area contributed by atoms with Crippen molar-refractivity contribution in [1.29, 1.82) is 0 Å². The van der Waals surface area contributed by atoms with Gasteiger partial charge in [0.15, 0.2) is 16.7 Å². The first-order chi connectivity index (χ1) is 8.99. The topological polar surface area (TPSA) is 35.0 Å². The van der Waals surface area contributed by atoms with Gasteiger partial charge in [-0.3, -0.25) is 0 Å². The Balaban J connectivity index is 2.38. The lowest BCUT2D eigenvalue weighted by atomic mass is 10.3. The number of ether oxygens (including phenoxy) is 1. The van der Waals surface area contributed by atoms with Crippen molar-refractivity contribution < 1.29 is 13.5 Å². The molecule has 1 aromatic carbocycles. The summed E-state index contributed by atoms with van der Waals surface area (Å²) in [5, 5.41) is 0.531. The van der Waals surface area contributed by atoms with Crippen molar-refractivity contribution in [3.63, 3.8) is 0 Å². The zero-order valence-corrected chi connectivity index (χ0v) is 12.6. The third-order valence-corrected chi connectivity index (χ3v) is 3.21. The molecule has 0 radical (unpaired) electrons. The molecule has 100 valence electrons. The highest BCUT2D eigenvalue weighted by Gasteiger charge is 2.13. The number of rotatable bonds is 3. The molecule has 0 spiro atoms. The molecule has 2 rings (SSSR count). The first-order valence-electron chi connectivity index (χ1n) is 4.90. The van der Waals surface area contributed by atoms with Crippen LogP contribution >= 0.6 is 39.3 Å².